The monoisotopic (exact) mass is 1030 g/mol. The van der Waals surface area contributed by atoms with E-state index in [0.717, 1.165) is 18.3 Å². The quantitative estimate of drug-likeness (QED) is 0.0720. The first kappa shape index (κ1) is 33.9. The van der Waals surface area contributed by atoms with E-state index < -0.39 is 24.0 Å². The van der Waals surface area contributed by atoms with E-state index in [1.54, 1.807) is 60.7 Å². The van der Waals surface area contributed by atoms with Crippen molar-refractivity contribution in [1.82, 2.24) is 0 Å². The predicted octanol–water partition coefficient (Wildman–Crippen LogP) is 6.83. The molecule has 6 N–H and O–H groups in total. The summed E-state index contributed by atoms with van der Waals surface area (Å²) in [6.07, 6.45) is 0.491. The standard InChI is InChI=1S/C30H24I4N2O7/c31-21-13-20(14-22(32)27(21)37)42-28-23(33)9-16(10-24(28)34)12-26(36)30(40)43-19-7-5-18(6-8-19)41-17-3-1-15(2-4-17)11-25(35)29(38)39/h1-10,13-14,25-26,37H,11-12,35-36H2,(H,38,39)/t25-,26-/m0/s1. The van der Waals surface area contributed by atoms with E-state index in [2.05, 4.69) is 90.4 Å². The summed E-state index contributed by atoms with van der Waals surface area (Å²) in [7, 11) is 0. The fourth-order valence-electron chi connectivity index (χ4n) is 3.82. The number of hydrogen-bond donors (Lipinski definition) is 4. The van der Waals surface area contributed by atoms with Crippen LogP contribution in [0.4, 0.5) is 0 Å². The topological polar surface area (TPSA) is 154 Å². The maximum Gasteiger partial charge on any atom is 0.328 e. The Balaban J connectivity index is 1.33. The first-order chi connectivity index (χ1) is 20.4. The Labute approximate surface area is 302 Å². The second-order valence-electron chi connectivity index (χ2n) is 9.32. The molecule has 0 aromatic heterocycles. The van der Waals surface area contributed by atoms with Crippen molar-refractivity contribution < 1.29 is 34.0 Å². The van der Waals surface area contributed by atoms with E-state index in [4.69, 9.17) is 30.8 Å². The molecule has 9 nitrogen and oxygen atoms in total. The predicted molar refractivity (Wildman–Crippen MR) is 195 cm³/mol. The molecule has 0 aliphatic heterocycles. The van der Waals surface area contributed by atoms with Crippen LogP contribution in [-0.4, -0.2) is 34.2 Å². The van der Waals surface area contributed by atoms with Crippen molar-refractivity contribution in [3.05, 3.63) is 98.2 Å². The third kappa shape index (κ3) is 9.52. The van der Waals surface area contributed by atoms with Crippen LogP contribution >= 0.6 is 90.4 Å². The van der Waals surface area contributed by atoms with Gasteiger partial charge in [-0.05, 0) is 175 Å². The molecule has 0 aliphatic rings. The van der Waals surface area contributed by atoms with Crippen molar-refractivity contribution in [1.29, 1.82) is 0 Å². The molecule has 0 fully saturated rings. The molecule has 0 saturated heterocycles. The number of carboxylic acid groups (broad SMARTS) is 1. The minimum Gasteiger partial charge on any atom is -0.506 e. The molecule has 0 bridgehead atoms. The van der Waals surface area contributed by atoms with Gasteiger partial charge in [-0.15, -0.1) is 0 Å². The third-order valence-electron chi connectivity index (χ3n) is 6.00. The molecule has 0 radical (unpaired) electrons. The number of carbonyl (C=O) groups excluding carboxylic acids is 1. The maximum absolute atomic E-state index is 12.7. The molecule has 2 atom stereocenters. The van der Waals surface area contributed by atoms with Gasteiger partial charge in [0.25, 0.3) is 0 Å². The Morgan fingerprint density at radius 3 is 1.67 bits per heavy atom. The Morgan fingerprint density at radius 2 is 1.14 bits per heavy atom. The molecule has 0 spiro atoms. The summed E-state index contributed by atoms with van der Waals surface area (Å²) in [5.41, 5.74) is 13.4. The third-order valence-corrected chi connectivity index (χ3v) is 9.25. The zero-order chi connectivity index (χ0) is 31.3. The average Bonchev–Trinajstić information content (AvgIpc) is 2.95. The summed E-state index contributed by atoms with van der Waals surface area (Å²) < 4.78 is 20.5. The van der Waals surface area contributed by atoms with Crippen LogP contribution in [0.25, 0.3) is 0 Å². The van der Waals surface area contributed by atoms with Gasteiger partial charge in [-0.2, -0.15) is 0 Å². The Hall–Kier alpha value is -1.94. The largest absolute Gasteiger partial charge is 0.506 e. The fourth-order valence-corrected chi connectivity index (χ4v) is 7.65. The number of rotatable bonds is 11. The van der Waals surface area contributed by atoms with Crippen molar-refractivity contribution in [2.75, 3.05) is 0 Å². The van der Waals surface area contributed by atoms with Crippen LogP contribution in [0, 0.1) is 14.3 Å². The summed E-state index contributed by atoms with van der Waals surface area (Å²) in [4.78, 5) is 23.7. The smallest absolute Gasteiger partial charge is 0.328 e. The van der Waals surface area contributed by atoms with E-state index in [1.807, 2.05) is 12.1 Å². The number of carbonyl (C=O) groups is 2. The van der Waals surface area contributed by atoms with Gasteiger partial charge in [-0.3, -0.25) is 4.79 Å². The lowest BCUT2D eigenvalue weighted by atomic mass is 10.1. The highest BCUT2D eigenvalue weighted by molar-refractivity contribution is 14.1. The summed E-state index contributed by atoms with van der Waals surface area (Å²) >= 11 is 8.49. The van der Waals surface area contributed by atoms with Crippen LogP contribution in [0.1, 0.15) is 11.1 Å². The molecule has 4 rings (SSSR count). The SMILES string of the molecule is N[C@@H](Cc1ccc(Oc2ccc(OC(=O)[C@@H](N)Cc3cc(I)c(Oc4cc(I)c(O)c(I)c4)c(I)c3)cc2)cc1)C(=O)O. The second kappa shape index (κ2) is 15.4. The molecule has 0 unspecified atom stereocenters. The number of benzene rings is 4. The van der Waals surface area contributed by atoms with Gasteiger partial charge in [0, 0.05) is 0 Å². The van der Waals surface area contributed by atoms with Gasteiger partial charge >= 0.3 is 11.9 Å². The van der Waals surface area contributed by atoms with Gasteiger partial charge in [0.1, 0.15) is 40.8 Å². The molecule has 4 aromatic carbocycles. The lowest BCUT2D eigenvalue weighted by Gasteiger charge is -2.15. The molecular weight excluding hydrogens is 1010 g/mol. The lowest BCUT2D eigenvalue weighted by Crippen LogP contribution is -2.36. The molecule has 0 aliphatic carbocycles. The number of hydrogen-bond acceptors (Lipinski definition) is 8. The molecule has 4 aromatic rings. The van der Waals surface area contributed by atoms with Gasteiger partial charge in [0.05, 0.1) is 14.3 Å². The second-order valence-corrected chi connectivity index (χ2v) is 14.0. The molecule has 224 valence electrons. The molecule has 0 saturated carbocycles. The van der Waals surface area contributed by atoms with Crippen LogP contribution in [0.5, 0.6) is 34.5 Å². The van der Waals surface area contributed by atoms with E-state index in [9.17, 15) is 14.7 Å². The minimum absolute atomic E-state index is 0.218. The summed E-state index contributed by atoms with van der Waals surface area (Å²) in [5, 5.41) is 19.0. The lowest BCUT2D eigenvalue weighted by molar-refractivity contribution is -0.138. The maximum atomic E-state index is 12.7. The van der Waals surface area contributed by atoms with Gasteiger partial charge in [0.2, 0.25) is 0 Å². The van der Waals surface area contributed by atoms with Gasteiger partial charge in [0.15, 0.2) is 5.75 Å². The van der Waals surface area contributed by atoms with Crippen LogP contribution < -0.4 is 25.7 Å². The van der Waals surface area contributed by atoms with E-state index in [0.29, 0.717) is 35.9 Å². The molecular formula is C30H24I4N2O7. The van der Waals surface area contributed by atoms with Gasteiger partial charge < -0.3 is 35.9 Å². The van der Waals surface area contributed by atoms with E-state index in [1.165, 1.54) is 0 Å². The Bertz CT molecular complexity index is 1590. The zero-order valence-electron chi connectivity index (χ0n) is 22.1. The number of ether oxygens (including phenoxy) is 3. The van der Waals surface area contributed by atoms with E-state index in [-0.39, 0.29) is 18.6 Å². The summed E-state index contributed by atoms with van der Waals surface area (Å²) in [5.74, 6) is 1.32. The van der Waals surface area contributed by atoms with Crippen molar-refractivity contribution in [2.45, 2.75) is 24.9 Å². The number of phenols is 1. The minimum atomic E-state index is -1.05. The molecule has 13 heteroatoms. The van der Waals surface area contributed by atoms with Crippen molar-refractivity contribution in [3.63, 3.8) is 0 Å². The van der Waals surface area contributed by atoms with E-state index >= 15 is 0 Å². The van der Waals surface area contributed by atoms with Crippen LogP contribution in [0.15, 0.2) is 72.8 Å². The number of halogens is 4. The van der Waals surface area contributed by atoms with Crippen molar-refractivity contribution in [2.24, 2.45) is 11.5 Å². The number of esters is 1. The van der Waals surface area contributed by atoms with Crippen LogP contribution in [-0.2, 0) is 22.4 Å². The van der Waals surface area contributed by atoms with Gasteiger partial charge in [-0.25, -0.2) is 4.79 Å². The zero-order valence-corrected chi connectivity index (χ0v) is 30.7. The highest BCUT2D eigenvalue weighted by Crippen LogP contribution is 2.37. The average molecular weight is 1030 g/mol. The van der Waals surface area contributed by atoms with Crippen LogP contribution in [0.3, 0.4) is 0 Å². The number of aliphatic carboxylic acids is 1. The number of phenolic OH excluding ortho intramolecular Hbond substituents is 1. The molecule has 0 heterocycles. The first-order valence-electron chi connectivity index (χ1n) is 12.6. The Kier molecular flexibility index (Phi) is 12.1. The van der Waals surface area contributed by atoms with Gasteiger partial charge in [-0.1, -0.05) is 12.1 Å². The normalized spacial score (nSPS) is 12.3. The van der Waals surface area contributed by atoms with Crippen molar-refractivity contribution >= 4 is 102 Å². The summed E-state index contributed by atoms with van der Waals surface area (Å²) in [6.45, 7) is 0. The number of nitrogens with two attached hydrogens (primary N) is 2. The molecule has 0 amide bonds. The first-order valence-corrected chi connectivity index (χ1v) is 16.9. The molecule has 43 heavy (non-hydrogen) atoms. The highest BCUT2D eigenvalue weighted by atomic mass is 127. The Morgan fingerprint density at radius 1 is 0.651 bits per heavy atom. The summed E-state index contributed by atoms with van der Waals surface area (Å²) in [6, 6.07) is 19.1. The highest BCUT2D eigenvalue weighted by Gasteiger charge is 2.20. The number of aromatic hydroxyl groups is 1. The van der Waals surface area contributed by atoms with Crippen LogP contribution in [0.2, 0.25) is 0 Å². The number of carboxylic acids is 1. The van der Waals surface area contributed by atoms with Crippen molar-refractivity contribution in [3.8, 4) is 34.5 Å². The fraction of sp³-hybridized carbons (Fsp3) is 0.133.